The number of nitrogens with one attached hydrogen (secondary N) is 2. The number of carbonyl (C=O) groups excluding carboxylic acids is 2. The molecule has 1 aromatic carbocycles. The Hall–Kier alpha value is -2.74. The van der Waals surface area contributed by atoms with Gasteiger partial charge in [0.15, 0.2) is 11.5 Å². The van der Waals surface area contributed by atoms with E-state index in [0.29, 0.717) is 17.1 Å². The van der Waals surface area contributed by atoms with Crippen molar-refractivity contribution >= 4 is 12.0 Å². The maximum absolute atomic E-state index is 12.1. The van der Waals surface area contributed by atoms with Crippen LogP contribution in [0.4, 0.5) is 4.79 Å². The van der Waals surface area contributed by atoms with Crippen molar-refractivity contribution in [3.8, 4) is 11.5 Å². The van der Waals surface area contributed by atoms with Crippen LogP contribution in [0.2, 0.25) is 0 Å². The molecule has 1 aliphatic rings. The molecule has 1 aromatic rings. The van der Waals surface area contributed by atoms with Gasteiger partial charge in [-0.15, -0.1) is 0 Å². The number of carbonyl (C=O) groups is 2. The summed E-state index contributed by atoms with van der Waals surface area (Å²) in [4.78, 5) is 23.8. The molecule has 0 aromatic heterocycles. The summed E-state index contributed by atoms with van der Waals surface area (Å²) in [6.45, 7) is 3.74. The van der Waals surface area contributed by atoms with Crippen LogP contribution in [0.1, 0.15) is 11.6 Å². The highest BCUT2D eigenvalue weighted by Gasteiger charge is 2.38. The minimum absolute atomic E-state index is 0.125. The van der Waals surface area contributed by atoms with Gasteiger partial charge in [0.1, 0.15) is 12.5 Å². The Balaban J connectivity index is 2.37. The minimum Gasteiger partial charge on any atom is -0.493 e. The van der Waals surface area contributed by atoms with Crippen LogP contribution < -0.4 is 20.1 Å². The van der Waals surface area contributed by atoms with Crippen LogP contribution in [-0.4, -0.2) is 44.5 Å². The van der Waals surface area contributed by atoms with Gasteiger partial charge in [0, 0.05) is 5.70 Å². The Labute approximate surface area is 139 Å². The maximum Gasteiger partial charge on any atom is 0.319 e. The summed E-state index contributed by atoms with van der Waals surface area (Å²) in [6.07, 6.45) is 0. The van der Waals surface area contributed by atoms with Crippen molar-refractivity contribution in [2.24, 2.45) is 5.92 Å². The molecule has 2 atom stereocenters. The number of aliphatic hydroxyl groups excluding tert-OH is 1. The summed E-state index contributed by atoms with van der Waals surface area (Å²) >= 11 is 0. The van der Waals surface area contributed by atoms with Crippen molar-refractivity contribution in [1.82, 2.24) is 10.6 Å². The van der Waals surface area contributed by atoms with E-state index in [-0.39, 0.29) is 18.9 Å². The van der Waals surface area contributed by atoms with Crippen molar-refractivity contribution in [1.29, 1.82) is 0 Å². The molecule has 0 unspecified atom stereocenters. The van der Waals surface area contributed by atoms with E-state index in [9.17, 15) is 9.59 Å². The SMILES string of the molecule is C=C1NC(=O)N[C@@H](c2ccc(OCCO)c(OC)c2)[C@@H]1C(=O)OC. The number of esters is 1. The standard InChI is InChI=1S/C16H20N2O6/c1-9-13(15(20)23-3)14(18-16(21)17-9)10-4-5-11(24-7-6-19)12(8-10)22-2/h4-5,8,13-14,19H,1,6-7H2,2-3H3,(H2,17,18,21)/t13-,14+/m1/s1. The monoisotopic (exact) mass is 336 g/mol. The van der Waals surface area contributed by atoms with E-state index in [2.05, 4.69) is 17.2 Å². The van der Waals surface area contributed by atoms with Crippen LogP contribution in [0.5, 0.6) is 11.5 Å². The van der Waals surface area contributed by atoms with E-state index in [1.165, 1.54) is 14.2 Å². The lowest BCUT2D eigenvalue weighted by Gasteiger charge is -2.33. The lowest BCUT2D eigenvalue weighted by molar-refractivity contribution is -0.145. The number of amides is 2. The second-order valence-corrected chi connectivity index (χ2v) is 5.08. The van der Waals surface area contributed by atoms with E-state index in [1.807, 2.05) is 0 Å². The summed E-state index contributed by atoms with van der Waals surface area (Å²) in [5.74, 6) is -0.425. The van der Waals surface area contributed by atoms with Crippen LogP contribution in [0.25, 0.3) is 0 Å². The molecule has 0 spiro atoms. The quantitative estimate of drug-likeness (QED) is 0.661. The first-order valence-electron chi connectivity index (χ1n) is 7.27. The molecule has 1 saturated heterocycles. The average molecular weight is 336 g/mol. The third-order valence-corrected chi connectivity index (χ3v) is 3.62. The Morgan fingerprint density at radius 1 is 1.33 bits per heavy atom. The molecule has 0 bridgehead atoms. The van der Waals surface area contributed by atoms with Crippen molar-refractivity contribution in [2.75, 3.05) is 27.4 Å². The van der Waals surface area contributed by atoms with Crippen LogP contribution in [0, 0.1) is 5.92 Å². The van der Waals surface area contributed by atoms with E-state index in [4.69, 9.17) is 19.3 Å². The molecular formula is C16H20N2O6. The number of ether oxygens (including phenoxy) is 3. The minimum atomic E-state index is -0.776. The number of benzene rings is 1. The van der Waals surface area contributed by atoms with Gasteiger partial charge in [0.2, 0.25) is 0 Å². The van der Waals surface area contributed by atoms with E-state index in [1.54, 1.807) is 18.2 Å². The lowest BCUT2D eigenvalue weighted by Crippen LogP contribution is -2.51. The highest BCUT2D eigenvalue weighted by molar-refractivity contribution is 5.85. The van der Waals surface area contributed by atoms with Gasteiger partial charge in [-0.3, -0.25) is 4.79 Å². The number of rotatable bonds is 6. The van der Waals surface area contributed by atoms with Crippen molar-refractivity contribution in [2.45, 2.75) is 6.04 Å². The van der Waals surface area contributed by atoms with Gasteiger partial charge < -0.3 is 30.0 Å². The highest BCUT2D eigenvalue weighted by Crippen LogP contribution is 2.35. The molecule has 2 amide bonds. The predicted molar refractivity (Wildman–Crippen MR) is 84.6 cm³/mol. The largest absolute Gasteiger partial charge is 0.493 e. The number of methoxy groups -OCH3 is 2. The fourth-order valence-electron chi connectivity index (χ4n) is 2.52. The average Bonchev–Trinajstić information content (AvgIpc) is 2.58. The molecule has 1 aliphatic heterocycles. The normalized spacial score (nSPS) is 20.0. The second-order valence-electron chi connectivity index (χ2n) is 5.08. The van der Waals surface area contributed by atoms with Crippen LogP contribution >= 0.6 is 0 Å². The molecule has 3 N–H and O–H groups in total. The third kappa shape index (κ3) is 3.60. The molecule has 2 rings (SSSR count). The second kappa shape index (κ2) is 7.69. The number of hydrogen-bond donors (Lipinski definition) is 3. The molecule has 0 saturated carbocycles. The van der Waals surface area contributed by atoms with Crippen LogP contribution in [-0.2, 0) is 9.53 Å². The molecule has 1 heterocycles. The Bertz CT molecular complexity index is 645. The van der Waals surface area contributed by atoms with Crippen molar-refractivity contribution in [3.63, 3.8) is 0 Å². The molecule has 0 radical (unpaired) electrons. The Kier molecular flexibility index (Phi) is 5.64. The van der Waals surface area contributed by atoms with Gasteiger partial charge in [0.25, 0.3) is 0 Å². The maximum atomic E-state index is 12.1. The first kappa shape index (κ1) is 17.6. The van der Waals surface area contributed by atoms with E-state index < -0.39 is 24.0 Å². The van der Waals surface area contributed by atoms with E-state index in [0.717, 1.165) is 0 Å². The zero-order chi connectivity index (χ0) is 17.7. The van der Waals surface area contributed by atoms with E-state index >= 15 is 0 Å². The molecule has 8 heteroatoms. The first-order chi connectivity index (χ1) is 11.5. The summed E-state index contributed by atoms with van der Waals surface area (Å²) in [7, 11) is 2.75. The lowest BCUT2D eigenvalue weighted by atomic mass is 9.89. The zero-order valence-electron chi connectivity index (χ0n) is 13.5. The third-order valence-electron chi connectivity index (χ3n) is 3.62. The molecular weight excluding hydrogens is 316 g/mol. The first-order valence-corrected chi connectivity index (χ1v) is 7.27. The van der Waals surface area contributed by atoms with Gasteiger partial charge in [-0.2, -0.15) is 0 Å². The summed E-state index contributed by atoms with van der Waals surface area (Å²) in [5.41, 5.74) is 0.893. The number of urea groups is 1. The summed E-state index contributed by atoms with van der Waals surface area (Å²) in [6, 6.07) is 3.90. The molecule has 8 nitrogen and oxygen atoms in total. The fourth-order valence-corrected chi connectivity index (χ4v) is 2.52. The predicted octanol–water partition coefficient (Wildman–Crippen LogP) is 0.723. The molecule has 1 fully saturated rings. The zero-order valence-corrected chi connectivity index (χ0v) is 13.5. The van der Waals surface area contributed by atoms with Crippen LogP contribution in [0.3, 0.4) is 0 Å². The van der Waals surface area contributed by atoms with Gasteiger partial charge in [-0.1, -0.05) is 12.6 Å². The number of aliphatic hydroxyl groups is 1. The van der Waals surface area contributed by atoms with Crippen LogP contribution in [0.15, 0.2) is 30.5 Å². The fraction of sp³-hybridized carbons (Fsp3) is 0.375. The summed E-state index contributed by atoms with van der Waals surface area (Å²) < 4.78 is 15.5. The highest BCUT2D eigenvalue weighted by atomic mass is 16.5. The van der Waals surface area contributed by atoms with Crippen molar-refractivity contribution < 1.29 is 28.9 Å². The Morgan fingerprint density at radius 2 is 2.08 bits per heavy atom. The van der Waals surface area contributed by atoms with Gasteiger partial charge >= 0.3 is 12.0 Å². The molecule has 0 aliphatic carbocycles. The Morgan fingerprint density at radius 3 is 2.71 bits per heavy atom. The van der Waals surface area contributed by atoms with Gasteiger partial charge in [-0.05, 0) is 17.7 Å². The topological polar surface area (TPSA) is 106 Å². The smallest absolute Gasteiger partial charge is 0.319 e. The summed E-state index contributed by atoms with van der Waals surface area (Å²) in [5, 5.41) is 14.0. The number of hydrogen-bond acceptors (Lipinski definition) is 6. The van der Waals surface area contributed by atoms with Crippen molar-refractivity contribution in [3.05, 3.63) is 36.0 Å². The molecule has 24 heavy (non-hydrogen) atoms. The van der Waals surface area contributed by atoms with Gasteiger partial charge in [0.05, 0.1) is 26.9 Å². The molecule has 130 valence electrons. The van der Waals surface area contributed by atoms with Gasteiger partial charge in [-0.25, -0.2) is 4.79 Å².